The van der Waals surface area contributed by atoms with Crippen molar-refractivity contribution in [1.29, 1.82) is 0 Å². The van der Waals surface area contributed by atoms with Gasteiger partial charge in [-0.05, 0) is 48.4 Å². The molecule has 0 saturated heterocycles. The largest absolute Gasteiger partial charge is 0.486 e. The quantitative estimate of drug-likeness (QED) is 0.781. The van der Waals surface area contributed by atoms with Crippen molar-refractivity contribution in [3.8, 4) is 11.5 Å². The Hall–Kier alpha value is -1.13. The number of fused-ring (bicyclic) bond motifs is 1. The third-order valence-corrected chi connectivity index (χ3v) is 4.11. The number of hydrogen-bond donors (Lipinski definition) is 1. The molecular formula is C17H18Cl3NO2. The zero-order valence-electron chi connectivity index (χ0n) is 12.5. The highest BCUT2D eigenvalue weighted by Gasteiger charge is 2.11. The van der Waals surface area contributed by atoms with Gasteiger partial charge in [-0.25, -0.2) is 0 Å². The molecule has 0 aliphatic carbocycles. The Labute approximate surface area is 152 Å². The first-order valence-electron chi connectivity index (χ1n) is 7.25. The number of benzene rings is 2. The molecule has 0 amide bonds. The van der Waals surface area contributed by atoms with Gasteiger partial charge in [0, 0.05) is 16.6 Å². The molecule has 0 atom stereocenters. The molecule has 124 valence electrons. The lowest BCUT2D eigenvalue weighted by Crippen LogP contribution is -2.18. The number of rotatable bonds is 5. The van der Waals surface area contributed by atoms with Crippen molar-refractivity contribution in [2.45, 2.75) is 13.0 Å². The van der Waals surface area contributed by atoms with Crippen LogP contribution in [0.1, 0.15) is 11.1 Å². The van der Waals surface area contributed by atoms with Crippen molar-refractivity contribution >= 4 is 35.6 Å². The van der Waals surface area contributed by atoms with Gasteiger partial charge in [0.15, 0.2) is 11.5 Å². The zero-order valence-corrected chi connectivity index (χ0v) is 14.8. The van der Waals surface area contributed by atoms with Crippen LogP contribution in [0.25, 0.3) is 0 Å². The molecule has 2 aromatic rings. The summed E-state index contributed by atoms with van der Waals surface area (Å²) in [5.41, 5.74) is 2.27. The fourth-order valence-electron chi connectivity index (χ4n) is 2.38. The summed E-state index contributed by atoms with van der Waals surface area (Å²) in [4.78, 5) is 0. The Morgan fingerprint density at radius 2 is 1.74 bits per heavy atom. The molecular weight excluding hydrogens is 357 g/mol. The van der Waals surface area contributed by atoms with Gasteiger partial charge in [-0.15, -0.1) is 12.4 Å². The van der Waals surface area contributed by atoms with Crippen molar-refractivity contribution < 1.29 is 9.47 Å². The van der Waals surface area contributed by atoms with Gasteiger partial charge < -0.3 is 14.8 Å². The second-order valence-electron chi connectivity index (χ2n) is 5.14. The average molecular weight is 375 g/mol. The Balaban J connectivity index is 0.00000192. The maximum absolute atomic E-state index is 6.16. The second kappa shape index (κ2) is 8.65. The van der Waals surface area contributed by atoms with E-state index in [1.807, 2.05) is 24.3 Å². The van der Waals surface area contributed by atoms with E-state index < -0.39 is 0 Å². The maximum Gasteiger partial charge on any atom is 0.161 e. The SMILES string of the molecule is Cl.Clc1ccc(CCNCc2ccc3c(c2)OCCO3)c(Cl)c1. The molecule has 0 bridgehead atoms. The van der Waals surface area contributed by atoms with Gasteiger partial charge in [0.2, 0.25) is 0 Å². The first-order valence-corrected chi connectivity index (χ1v) is 8.01. The van der Waals surface area contributed by atoms with Crippen LogP contribution in [0.5, 0.6) is 11.5 Å². The number of halogens is 3. The average Bonchev–Trinajstić information content (AvgIpc) is 2.53. The molecule has 0 radical (unpaired) electrons. The molecule has 0 spiro atoms. The third kappa shape index (κ3) is 4.92. The fraction of sp³-hybridized carbons (Fsp3) is 0.294. The summed E-state index contributed by atoms with van der Waals surface area (Å²) in [5, 5.41) is 4.79. The van der Waals surface area contributed by atoms with E-state index in [-0.39, 0.29) is 12.4 Å². The highest BCUT2D eigenvalue weighted by Crippen LogP contribution is 2.30. The van der Waals surface area contributed by atoms with Crippen molar-refractivity contribution in [2.75, 3.05) is 19.8 Å². The fourth-order valence-corrected chi connectivity index (χ4v) is 2.88. The first-order chi connectivity index (χ1) is 10.7. The van der Waals surface area contributed by atoms with Gasteiger partial charge in [-0.2, -0.15) is 0 Å². The highest BCUT2D eigenvalue weighted by atomic mass is 35.5. The van der Waals surface area contributed by atoms with Crippen LogP contribution < -0.4 is 14.8 Å². The van der Waals surface area contributed by atoms with Gasteiger partial charge >= 0.3 is 0 Å². The topological polar surface area (TPSA) is 30.5 Å². The van der Waals surface area contributed by atoms with Crippen molar-refractivity contribution in [3.05, 3.63) is 57.6 Å². The predicted octanol–water partition coefficient (Wildman–Crippen LogP) is 4.52. The summed E-state index contributed by atoms with van der Waals surface area (Å²) >= 11 is 12.1. The molecule has 0 unspecified atom stereocenters. The molecule has 6 heteroatoms. The Bertz CT molecular complexity index is 664. The van der Waals surface area contributed by atoms with Crippen molar-refractivity contribution in [3.63, 3.8) is 0 Å². The normalized spacial score (nSPS) is 12.6. The monoisotopic (exact) mass is 373 g/mol. The second-order valence-corrected chi connectivity index (χ2v) is 5.98. The number of hydrogen-bond acceptors (Lipinski definition) is 3. The molecule has 3 rings (SSSR count). The first kappa shape index (κ1) is 18.2. The van der Waals surface area contributed by atoms with Crippen LogP contribution in [-0.4, -0.2) is 19.8 Å². The van der Waals surface area contributed by atoms with E-state index in [9.17, 15) is 0 Å². The van der Waals surface area contributed by atoms with E-state index in [1.165, 1.54) is 5.56 Å². The maximum atomic E-state index is 6.16. The molecule has 0 saturated carbocycles. The summed E-state index contributed by atoms with van der Waals surface area (Å²) in [7, 11) is 0. The lowest BCUT2D eigenvalue weighted by molar-refractivity contribution is 0.171. The Morgan fingerprint density at radius 1 is 0.957 bits per heavy atom. The van der Waals surface area contributed by atoms with E-state index in [0.29, 0.717) is 23.3 Å². The van der Waals surface area contributed by atoms with Crippen LogP contribution in [-0.2, 0) is 13.0 Å². The van der Waals surface area contributed by atoms with Gasteiger partial charge in [0.25, 0.3) is 0 Å². The summed E-state index contributed by atoms with van der Waals surface area (Å²) in [5.74, 6) is 1.65. The molecule has 3 nitrogen and oxygen atoms in total. The molecule has 1 heterocycles. The van der Waals surface area contributed by atoms with Gasteiger partial charge in [0.1, 0.15) is 13.2 Å². The minimum Gasteiger partial charge on any atom is -0.486 e. The lowest BCUT2D eigenvalue weighted by Gasteiger charge is -2.19. The standard InChI is InChI=1S/C17H17Cl2NO2.ClH/c18-14-3-2-13(15(19)10-14)5-6-20-11-12-1-4-16-17(9-12)22-8-7-21-16;/h1-4,9-10,20H,5-8,11H2;1H. The minimum absolute atomic E-state index is 0. The summed E-state index contributed by atoms with van der Waals surface area (Å²) in [6.45, 7) is 2.85. The predicted molar refractivity (Wildman–Crippen MR) is 96.6 cm³/mol. The van der Waals surface area contributed by atoms with E-state index in [4.69, 9.17) is 32.7 Å². The van der Waals surface area contributed by atoms with E-state index >= 15 is 0 Å². The number of ether oxygens (including phenoxy) is 2. The van der Waals surface area contributed by atoms with Crippen LogP contribution in [0.2, 0.25) is 10.0 Å². The van der Waals surface area contributed by atoms with Crippen LogP contribution in [0.15, 0.2) is 36.4 Å². The zero-order chi connectivity index (χ0) is 15.4. The van der Waals surface area contributed by atoms with Crippen LogP contribution in [0.3, 0.4) is 0 Å². The molecule has 1 N–H and O–H groups in total. The van der Waals surface area contributed by atoms with Crippen LogP contribution in [0.4, 0.5) is 0 Å². The highest BCUT2D eigenvalue weighted by molar-refractivity contribution is 6.35. The van der Waals surface area contributed by atoms with E-state index in [2.05, 4.69) is 11.4 Å². The van der Waals surface area contributed by atoms with Gasteiger partial charge in [-0.3, -0.25) is 0 Å². The Kier molecular flexibility index (Phi) is 6.85. The van der Waals surface area contributed by atoms with Gasteiger partial charge in [0.05, 0.1) is 0 Å². The third-order valence-electron chi connectivity index (χ3n) is 3.52. The molecule has 0 aromatic heterocycles. The molecule has 0 fully saturated rings. The smallest absolute Gasteiger partial charge is 0.161 e. The number of nitrogens with one attached hydrogen (secondary N) is 1. The summed E-state index contributed by atoms with van der Waals surface area (Å²) in [6.07, 6.45) is 0.862. The molecule has 1 aliphatic heterocycles. The van der Waals surface area contributed by atoms with Crippen molar-refractivity contribution in [1.82, 2.24) is 5.32 Å². The summed E-state index contributed by atoms with van der Waals surface area (Å²) in [6, 6.07) is 11.6. The summed E-state index contributed by atoms with van der Waals surface area (Å²) < 4.78 is 11.1. The van der Waals surface area contributed by atoms with E-state index in [0.717, 1.165) is 36.6 Å². The minimum atomic E-state index is 0. The van der Waals surface area contributed by atoms with Crippen LogP contribution >= 0.6 is 35.6 Å². The molecule has 1 aliphatic rings. The van der Waals surface area contributed by atoms with Crippen LogP contribution in [0, 0.1) is 0 Å². The lowest BCUT2D eigenvalue weighted by atomic mass is 10.1. The van der Waals surface area contributed by atoms with Gasteiger partial charge in [-0.1, -0.05) is 35.3 Å². The van der Waals surface area contributed by atoms with E-state index in [1.54, 1.807) is 6.07 Å². The Morgan fingerprint density at radius 3 is 2.52 bits per heavy atom. The van der Waals surface area contributed by atoms with Crippen molar-refractivity contribution in [2.24, 2.45) is 0 Å². The molecule has 23 heavy (non-hydrogen) atoms. The molecule has 2 aromatic carbocycles.